The standard InChI is InChI=1S/C23H37N7O/c1-5-29(6-2)20(14-18-10-8-7-9-11-18)15-25-23(24-3)26-19-12-13-22-27-21(17-31-4)28-30(22)16-19/h7-11,19-20H,5-6,12-17H2,1-4H3,(H2,24,25,26). The molecule has 0 saturated heterocycles. The second-order valence-electron chi connectivity index (χ2n) is 7.96. The zero-order valence-electron chi connectivity index (χ0n) is 19.3. The number of rotatable bonds is 10. The number of nitrogens with zero attached hydrogens (tertiary/aromatic N) is 5. The Bertz CT molecular complexity index is 817. The van der Waals surface area contributed by atoms with E-state index in [2.05, 4.69) is 74.8 Å². The van der Waals surface area contributed by atoms with Gasteiger partial charge in [0.1, 0.15) is 12.4 Å². The molecule has 170 valence electrons. The topological polar surface area (TPSA) is 79.6 Å². The zero-order valence-corrected chi connectivity index (χ0v) is 19.3. The highest BCUT2D eigenvalue weighted by atomic mass is 16.5. The molecule has 0 bridgehead atoms. The van der Waals surface area contributed by atoms with Crippen molar-refractivity contribution in [1.29, 1.82) is 0 Å². The Labute approximate surface area is 186 Å². The summed E-state index contributed by atoms with van der Waals surface area (Å²) in [5.41, 5.74) is 1.36. The van der Waals surface area contributed by atoms with E-state index >= 15 is 0 Å². The molecule has 0 radical (unpaired) electrons. The number of likely N-dealkylation sites (N-methyl/N-ethyl adjacent to an activating group) is 1. The van der Waals surface area contributed by atoms with Gasteiger partial charge in [0.05, 0.1) is 6.54 Å². The molecule has 2 N–H and O–H groups in total. The number of methoxy groups -OCH3 is 1. The second kappa shape index (κ2) is 11.8. The van der Waals surface area contributed by atoms with Crippen LogP contribution >= 0.6 is 0 Å². The van der Waals surface area contributed by atoms with E-state index < -0.39 is 0 Å². The molecule has 0 saturated carbocycles. The SMILES string of the molecule is CCN(CC)C(CNC(=NC)NC1CCc2nc(COC)nn2C1)Cc1ccccc1. The molecule has 1 aliphatic rings. The Morgan fingerprint density at radius 2 is 2.06 bits per heavy atom. The number of aliphatic imine (C=N–C) groups is 1. The Balaban J connectivity index is 1.57. The number of nitrogens with one attached hydrogen (secondary N) is 2. The molecular weight excluding hydrogens is 390 g/mol. The maximum absolute atomic E-state index is 5.16. The molecular formula is C23H37N7O. The second-order valence-corrected chi connectivity index (χ2v) is 7.96. The van der Waals surface area contributed by atoms with Crippen LogP contribution in [0.5, 0.6) is 0 Å². The fourth-order valence-electron chi connectivity index (χ4n) is 4.23. The highest BCUT2D eigenvalue weighted by Crippen LogP contribution is 2.14. The third-order valence-electron chi connectivity index (χ3n) is 5.89. The van der Waals surface area contributed by atoms with Gasteiger partial charge in [0.25, 0.3) is 0 Å². The van der Waals surface area contributed by atoms with Crippen LogP contribution in [-0.4, -0.2) is 71.5 Å². The van der Waals surface area contributed by atoms with Crippen LogP contribution in [0.1, 0.15) is 37.5 Å². The highest BCUT2D eigenvalue weighted by molar-refractivity contribution is 5.80. The van der Waals surface area contributed by atoms with Gasteiger partial charge < -0.3 is 15.4 Å². The molecule has 2 unspecified atom stereocenters. The van der Waals surface area contributed by atoms with E-state index in [1.54, 1.807) is 7.11 Å². The molecule has 8 nitrogen and oxygen atoms in total. The van der Waals surface area contributed by atoms with Gasteiger partial charge >= 0.3 is 0 Å². The maximum atomic E-state index is 5.16. The third kappa shape index (κ3) is 6.51. The number of hydrogen-bond donors (Lipinski definition) is 2. The van der Waals surface area contributed by atoms with Gasteiger partial charge in [-0.2, -0.15) is 5.10 Å². The average molecular weight is 428 g/mol. The molecule has 1 aliphatic heterocycles. The van der Waals surface area contributed by atoms with Gasteiger partial charge in [-0.3, -0.25) is 9.89 Å². The predicted molar refractivity (Wildman–Crippen MR) is 124 cm³/mol. The number of fused-ring (bicyclic) bond motifs is 1. The van der Waals surface area contributed by atoms with Crippen LogP contribution in [0.3, 0.4) is 0 Å². The largest absolute Gasteiger partial charge is 0.377 e. The van der Waals surface area contributed by atoms with Crippen LogP contribution in [0, 0.1) is 0 Å². The lowest BCUT2D eigenvalue weighted by Crippen LogP contribution is -2.51. The van der Waals surface area contributed by atoms with Gasteiger partial charge in [0.15, 0.2) is 11.8 Å². The minimum Gasteiger partial charge on any atom is -0.377 e. The van der Waals surface area contributed by atoms with Crippen molar-refractivity contribution in [3.05, 3.63) is 47.5 Å². The lowest BCUT2D eigenvalue weighted by atomic mass is 10.0. The van der Waals surface area contributed by atoms with Crippen molar-refractivity contribution in [2.45, 2.75) is 58.3 Å². The number of guanidine groups is 1. The number of aryl methyl sites for hydroxylation is 1. The average Bonchev–Trinajstić information content (AvgIpc) is 3.19. The molecule has 2 heterocycles. The smallest absolute Gasteiger partial charge is 0.191 e. The molecule has 0 aliphatic carbocycles. The lowest BCUT2D eigenvalue weighted by Gasteiger charge is -2.31. The summed E-state index contributed by atoms with van der Waals surface area (Å²) in [6, 6.07) is 11.4. The summed E-state index contributed by atoms with van der Waals surface area (Å²) in [6.45, 7) is 8.60. The van der Waals surface area contributed by atoms with E-state index in [4.69, 9.17) is 4.74 Å². The summed E-state index contributed by atoms with van der Waals surface area (Å²) in [4.78, 5) is 11.5. The lowest BCUT2D eigenvalue weighted by molar-refractivity contribution is 0.177. The van der Waals surface area contributed by atoms with Gasteiger partial charge in [-0.05, 0) is 31.5 Å². The molecule has 3 rings (SSSR count). The van der Waals surface area contributed by atoms with Crippen LogP contribution < -0.4 is 10.6 Å². The fraction of sp³-hybridized carbons (Fsp3) is 0.609. The van der Waals surface area contributed by atoms with Crippen molar-refractivity contribution in [2.75, 3.05) is 33.8 Å². The number of aromatic nitrogens is 3. The molecule has 2 atom stereocenters. The Hall–Kier alpha value is -2.45. The minimum absolute atomic E-state index is 0.275. The van der Waals surface area contributed by atoms with Gasteiger partial charge in [0, 0.05) is 39.2 Å². The summed E-state index contributed by atoms with van der Waals surface area (Å²) in [5, 5.41) is 11.7. The molecule has 0 amide bonds. The van der Waals surface area contributed by atoms with Gasteiger partial charge in [-0.15, -0.1) is 0 Å². The predicted octanol–water partition coefficient (Wildman–Crippen LogP) is 1.86. The number of hydrogen-bond acceptors (Lipinski definition) is 5. The van der Waals surface area contributed by atoms with E-state index in [0.29, 0.717) is 12.6 Å². The first-order valence-corrected chi connectivity index (χ1v) is 11.3. The number of ether oxygens (including phenoxy) is 1. The van der Waals surface area contributed by atoms with Crippen LogP contribution in [0.25, 0.3) is 0 Å². The van der Waals surface area contributed by atoms with Crippen molar-refractivity contribution < 1.29 is 4.74 Å². The number of benzene rings is 1. The van der Waals surface area contributed by atoms with E-state index in [1.807, 2.05) is 11.7 Å². The van der Waals surface area contributed by atoms with Crippen molar-refractivity contribution >= 4 is 5.96 Å². The molecule has 2 aromatic rings. The van der Waals surface area contributed by atoms with Gasteiger partial charge in [0.2, 0.25) is 0 Å². The first-order chi connectivity index (χ1) is 15.2. The summed E-state index contributed by atoms with van der Waals surface area (Å²) in [7, 11) is 3.50. The first kappa shape index (κ1) is 23.2. The minimum atomic E-state index is 0.275. The van der Waals surface area contributed by atoms with Crippen LogP contribution in [-0.2, 0) is 30.7 Å². The molecule has 0 spiro atoms. The van der Waals surface area contributed by atoms with Crippen LogP contribution in [0.4, 0.5) is 0 Å². The summed E-state index contributed by atoms with van der Waals surface area (Å²) < 4.78 is 7.16. The fourth-order valence-corrected chi connectivity index (χ4v) is 4.23. The van der Waals surface area contributed by atoms with E-state index in [1.165, 1.54) is 5.56 Å². The van der Waals surface area contributed by atoms with Gasteiger partial charge in [-0.25, -0.2) is 9.67 Å². The monoisotopic (exact) mass is 427 g/mol. The van der Waals surface area contributed by atoms with E-state index in [9.17, 15) is 0 Å². The Kier molecular flexibility index (Phi) is 8.85. The summed E-state index contributed by atoms with van der Waals surface area (Å²) >= 11 is 0. The molecule has 0 fully saturated rings. The van der Waals surface area contributed by atoms with Crippen LogP contribution in [0.2, 0.25) is 0 Å². The van der Waals surface area contributed by atoms with Crippen molar-refractivity contribution in [3.8, 4) is 0 Å². The normalized spacial score (nSPS) is 17.5. The molecule has 1 aromatic heterocycles. The van der Waals surface area contributed by atoms with E-state index in [0.717, 1.165) is 63.0 Å². The van der Waals surface area contributed by atoms with Crippen molar-refractivity contribution in [1.82, 2.24) is 30.3 Å². The maximum Gasteiger partial charge on any atom is 0.191 e. The Morgan fingerprint density at radius 3 is 2.74 bits per heavy atom. The quantitative estimate of drug-likeness (QED) is 0.445. The van der Waals surface area contributed by atoms with Gasteiger partial charge in [-0.1, -0.05) is 44.2 Å². The van der Waals surface area contributed by atoms with Crippen molar-refractivity contribution in [2.24, 2.45) is 4.99 Å². The zero-order chi connectivity index (χ0) is 22.1. The summed E-state index contributed by atoms with van der Waals surface area (Å²) in [5.74, 6) is 2.64. The molecule has 31 heavy (non-hydrogen) atoms. The Morgan fingerprint density at radius 1 is 1.29 bits per heavy atom. The third-order valence-corrected chi connectivity index (χ3v) is 5.89. The highest BCUT2D eigenvalue weighted by Gasteiger charge is 2.23. The van der Waals surface area contributed by atoms with Crippen LogP contribution in [0.15, 0.2) is 35.3 Å². The van der Waals surface area contributed by atoms with Crippen molar-refractivity contribution in [3.63, 3.8) is 0 Å². The first-order valence-electron chi connectivity index (χ1n) is 11.3. The molecule has 8 heteroatoms. The molecule has 1 aromatic carbocycles. The summed E-state index contributed by atoms with van der Waals surface area (Å²) in [6.07, 6.45) is 2.93. The van der Waals surface area contributed by atoms with E-state index in [-0.39, 0.29) is 6.04 Å².